The smallest absolute Gasteiger partial charge is 0.239 e. The molecule has 0 bridgehead atoms. The molecule has 0 aliphatic heterocycles. The molecular formula is C10H17N5O2. The van der Waals surface area contributed by atoms with Crippen molar-refractivity contribution in [2.45, 2.75) is 6.61 Å². The van der Waals surface area contributed by atoms with Crippen LogP contribution >= 0.6 is 0 Å². The van der Waals surface area contributed by atoms with Gasteiger partial charge in [0.05, 0.1) is 6.54 Å². The maximum Gasteiger partial charge on any atom is 0.239 e. The molecule has 1 rings (SSSR count). The summed E-state index contributed by atoms with van der Waals surface area (Å²) in [5, 5.41) is 2.54. The van der Waals surface area contributed by atoms with E-state index in [0.717, 1.165) is 0 Å². The molecule has 0 aliphatic carbocycles. The number of ether oxygens (including phenoxy) is 1. The van der Waals surface area contributed by atoms with Gasteiger partial charge in [-0.3, -0.25) is 4.79 Å². The number of carbonyl (C=O) groups is 1. The molecule has 0 aromatic carbocycles. The van der Waals surface area contributed by atoms with Gasteiger partial charge in [-0.05, 0) is 0 Å². The molecule has 0 atom stereocenters. The second-order valence-electron chi connectivity index (χ2n) is 3.53. The molecule has 0 spiro atoms. The minimum Gasteiger partial charge on any atom is -0.384 e. The van der Waals surface area contributed by atoms with Crippen LogP contribution in [-0.2, 0) is 16.1 Å². The molecule has 7 nitrogen and oxygen atoms in total. The SMILES string of the molecule is CNC(=O)CN(C)c1cc(N)nc(COC)n1. The van der Waals surface area contributed by atoms with Crippen LogP contribution in [0.5, 0.6) is 0 Å². The van der Waals surface area contributed by atoms with E-state index < -0.39 is 0 Å². The summed E-state index contributed by atoms with van der Waals surface area (Å²) in [4.78, 5) is 21.2. The van der Waals surface area contributed by atoms with Gasteiger partial charge in [0.15, 0.2) is 5.82 Å². The molecule has 94 valence electrons. The fraction of sp³-hybridized carbons (Fsp3) is 0.500. The zero-order valence-electron chi connectivity index (χ0n) is 10.2. The normalized spacial score (nSPS) is 10.1. The summed E-state index contributed by atoms with van der Waals surface area (Å²) in [5.41, 5.74) is 5.66. The first-order valence-electron chi connectivity index (χ1n) is 5.11. The Balaban J connectivity index is 2.85. The number of amides is 1. The van der Waals surface area contributed by atoms with Gasteiger partial charge in [0.2, 0.25) is 5.91 Å². The van der Waals surface area contributed by atoms with Crippen LogP contribution in [0.2, 0.25) is 0 Å². The monoisotopic (exact) mass is 239 g/mol. The first-order valence-corrected chi connectivity index (χ1v) is 5.11. The molecule has 1 aromatic heterocycles. The molecule has 0 aliphatic rings. The van der Waals surface area contributed by atoms with Crippen molar-refractivity contribution in [2.75, 3.05) is 38.4 Å². The van der Waals surface area contributed by atoms with Crippen LogP contribution in [-0.4, -0.2) is 43.6 Å². The van der Waals surface area contributed by atoms with Gasteiger partial charge in [0, 0.05) is 27.3 Å². The maximum atomic E-state index is 11.2. The molecule has 0 unspecified atom stereocenters. The van der Waals surface area contributed by atoms with Crippen molar-refractivity contribution < 1.29 is 9.53 Å². The third-order valence-electron chi connectivity index (χ3n) is 2.10. The predicted molar refractivity (Wildman–Crippen MR) is 64.5 cm³/mol. The fourth-order valence-corrected chi connectivity index (χ4v) is 1.27. The number of hydrogen-bond acceptors (Lipinski definition) is 6. The fourth-order valence-electron chi connectivity index (χ4n) is 1.27. The molecule has 0 fully saturated rings. The Hall–Kier alpha value is -1.89. The minimum atomic E-state index is -0.0991. The lowest BCUT2D eigenvalue weighted by molar-refractivity contribution is -0.119. The van der Waals surface area contributed by atoms with E-state index in [-0.39, 0.29) is 19.1 Å². The van der Waals surface area contributed by atoms with Crippen molar-refractivity contribution in [1.82, 2.24) is 15.3 Å². The molecule has 17 heavy (non-hydrogen) atoms. The third kappa shape index (κ3) is 3.87. The highest BCUT2D eigenvalue weighted by Gasteiger charge is 2.09. The van der Waals surface area contributed by atoms with Crippen molar-refractivity contribution in [3.05, 3.63) is 11.9 Å². The van der Waals surface area contributed by atoms with Crippen LogP contribution in [0.4, 0.5) is 11.6 Å². The Morgan fingerprint density at radius 3 is 2.88 bits per heavy atom. The van der Waals surface area contributed by atoms with Crippen molar-refractivity contribution in [1.29, 1.82) is 0 Å². The van der Waals surface area contributed by atoms with Crippen LogP contribution < -0.4 is 16.0 Å². The average molecular weight is 239 g/mol. The van der Waals surface area contributed by atoms with E-state index >= 15 is 0 Å². The van der Waals surface area contributed by atoms with Gasteiger partial charge < -0.3 is 20.7 Å². The van der Waals surface area contributed by atoms with Crippen LogP contribution in [0.15, 0.2) is 6.07 Å². The van der Waals surface area contributed by atoms with Gasteiger partial charge in [0.25, 0.3) is 0 Å². The Morgan fingerprint density at radius 2 is 2.29 bits per heavy atom. The summed E-state index contributed by atoms with van der Waals surface area (Å²) in [6, 6.07) is 1.61. The second-order valence-corrected chi connectivity index (χ2v) is 3.53. The number of nitrogens with zero attached hydrogens (tertiary/aromatic N) is 3. The van der Waals surface area contributed by atoms with Gasteiger partial charge in [-0.15, -0.1) is 0 Å². The van der Waals surface area contributed by atoms with Crippen LogP contribution in [0.3, 0.4) is 0 Å². The van der Waals surface area contributed by atoms with Crippen molar-refractivity contribution in [2.24, 2.45) is 0 Å². The number of likely N-dealkylation sites (N-methyl/N-ethyl adjacent to an activating group) is 2. The summed E-state index contributed by atoms with van der Waals surface area (Å²) < 4.78 is 4.94. The third-order valence-corrected chi connectivity index (χ3v) is 2.10. The molecule has 1 aromatic rings. The van der Waals surface area contributed by atoms with Crippen LogP contribution in [0.25, 0.3) is 0 Å². The molecule has 7 heteroatoms. The molecule has 1 heterocycles. The molecule has 0 saturated carbocycles. The number of anilines is 2. The minimum absolute atomic E-state index is 0.0991. The predicted octanol–water partition coefficient (Wildman–Crippen LogP) is -0.613. The summed E-state index contributed by atoms with van der Waals surface area (Å²) in [6.45, 7) is 0.491. The van der Waals surface area contributed by atoms with Crippen molar-refractivity contribution >= 4 is 17.5 Å². The van der Waals surface area contributed by atoms with Crippen molar-refractivity contribution in [3.63, 3.8) is 0 Å². The van der Waals surface area contributed by atoms with E-state index in [1.165, 1.54) is 0 Å². The first kappa shape index (κ1) is 13.2. The Morgan fingerprint density at radius 1 is 1.59 bits per heavy atom. The van der Waals surface area contributed by atoms with Gasteiger partial charge in [-0.1, -0.05) is 0 Å². The zero-order valence-corrected chi connectivity index (χ0v) is 10.2. The van der Waals surface area contributed by atoms with Gasteiger partial charge in [-0.25, -0.2) is 9.97 Å². The zero-order chi connectivity index (χ0) is 12.8. The number of nitrogens with two attached hydrogens (primary N) is 1. The van der Waals surface area contributed by atoms with E-state index in [2.05, 4.69) is 15.3 Å². The molecule has 3 N–H and O–H groups in total. The summed E-state index contributed by atoms with van der Waals surface area (Å²) >= 11 is 0. The molecule has 1 amide bonds. The Labute approximate surface area is 100.0 Å². The largest absolute Gasteiger partial charge is 0.384 e. The summed E-state index contributed by atoms with van der Waals surface area (Å²) in [6.07, 6.45) is 0. The number of rotatable bonds is 5. The van der Waals surface area contributed by atoms with Crippen LogP contribution in [0, 0.1) is 0 Å². The quantitative estimate of drug-likeness (QED) is 0.712. The van der Waals surface area contributed by atoms with Gasteiger partial charge >= 0.3 is 0 Å². The Kier molecular flexibility index (Phi) is 4.65. The van der Waals surface area contributed by atoms with E-state index in [4.69, 9.17) is 10.5 Å². The lowest BCUT2D eigenvalue weighted by atomic mass is 10.4. The average Bonchev–Trinajstić information content (AvgIpc) is 2.28. The van der Waals surface area contributed by atoms with Gasteiger partial charge in [-0.2, -0.15) is 0 Å². The lowest BCUT2D eigenvalue weighted by Gasteiger charge is -2.17. The number of aromatic nitrogens is 2. The van der Waals surface area contributed by atoms with E-state index in [1.54, 1.807) is 32.2 Å². The highest BCUT2D eigenvalue weighted by atomic mass is 16.5. The van der Waals surface area contributed by atoms with E-state index in [9.17, 15) is 4.79 Å². The van der Waals surface area contributed by atoms with E-state index in [0.29, 0.717) is 17.5 Å². The molecule has 0 radical (unpaired) electrons. The lowest BCUT2D eigenvalue weighted by Crippen LogP contribution is -2.33. The number of hydrogen-bond donors (Lipinski definition) is 2. The highest BCUT2D eigenvalue weighted by molar-refractivity contribution is 5.80. The standard InChI is InChI=1S/C10H17N5O2/c1-12-10(16)5-15(2)9-4-7(11)13-8(14-9)6-17-3/h4H,5-6H2,1-3H3,(H,12,16)(H2,11,13,14). The van der Waals surface area contributed by atoms with Gasteiger partial charge in [0.1, 0.15) is 18.2 Å². The summed E-state index contributed by atoms with van der Waals surface area (Å²) in [7, 11) is 4.90. The van der Waals surface area contributed by atoms with Crippen molar-refractivity contribution in [3.8, 4) is 0 Å². The topological polar surface area (TPSA) is 93.4 Å². The number of nitrogen functional groups attached to an aromatic ring is 1. The number of nitrogens with one attached hydrogen (secondary N) is 1. The Bertz CT molecular complexity index is 396. The molecule has 0 saturated heterocycles. The van der Waals surface area contributed by atoms with E-state index in [1.807, 2.05) is 0 Å². The number of carbonyl (C=O) groups excluding carboxylic acids is 1. The first-order chi connectivity index (χ1) is 8.06. The maximum absolute atomic E-state index is 11.2. The highest BCUT2D eigenvalue weighted by Crippen LogP contribution is 2.12. The van der Waals surface area contributed by atoms with Crippen LogP contribution in [0.1, 0.15) is 5.82 Å². The number of methoxy groups -OCH3 is 1. The second kappa shape index (κ2) is 6.00. The molecular weight excluding hydrogens is 222 g/mol. The summed E-state index contributed by atoms with van der Waals surface area (Å²) in [5.74, 6) is 1.34.